The van der Waals surface area contributed by atoms with Gasteiger partial charge in [0.1, 0.15) is 0 Å². The lowest BCUT2D eigenvalue weighted by Gasteiger charge is -2.40. The van der Waals surface area contributed by atoms with Crippen molar-refractivity contribution in [2.75, 3.05) is 6.54 Å². The normalized spacial score (nSPS) is 30.2. The molecule has 0 aromatic heterocycles. The van der Waals surface area contributed by atoms with Crippen LogP contribution in [-0.4, -0.2) is 35.6 Å². The number of nitrogens with one attached hydrogen (secondary N) is 2. The molecule has 120 valence electrons. The number of carboxylic acids is 1. The lowest BCUT2D eigenvalue weighted by molar-refractivity contribution is -0.137. The third-order valence-corrected chi connectivity index (χ3v) is 4.94. The Morgan fingerprint density at radius 3 is 2.76 bits per heavy atom. The summed E-state index contributed by atoms with van der Waals surface area (Å²) in [5.74, 6) is 0.278. The zero-order chi connectivity index (χ0) is 15.2. The summed E-state index contributed by atoms with van der Waals surface area (Å²) in [6, 6.07) is 0.462. The average molecular weight is 296 g/mol. The fourth-order valence-electron chi connectivity index (χ4n) is 3.57. The minimum Gasteiger partial charge on any atom is -0.481 e. The van der Waals surface area contributed by atoms with Crippen molar-refractivity contribution < 1.29 is 14.7 Å². The molecule has 5 heteroatoms. The molecule has 0 bridgehead atoms. The number of fused-ring (bicyclic) bond motifs is 1. The van der Waals surface area contributed by atoms with Gasteiger partial charge in [0.25, 0.3) is 0 Å². The van der Waals surface area contributed by atoms with Gasteiger partial charge >= 0.3 is 5.97 Å². The summed E-state index contributed by atoms with van der Waals surface area (Å²) in [4.78, 5) is 22.8. The molecule has 21 heavy (non-hydrogen) atoms. The van der Waals surface area contributed by atoms with E-state index in [1.165, 1.54) is 25.7 Å². The van der Waals surface area contributed by atoms with Crippen molar-refractivity contribution >= 4 is 11.9 Å². The number of piperidine rings is 1. The third-order valence-electron chi connectivity index (χ3n) is 4.94. The number of aliphatic carboxylic acids is 1. The van der Waals surface area contributed by atoms with Gasteiger partial charge < -0.3 is 15.7 Å². The Labute approximate surface area is 126 Å². The van der Waals surface area contributed by atoms with Crippen LogP contribution in [0.1, 0.15) is 58.3 Å². The van der Waals surface area contributed by atoms with Crippen LogP contribution in [0.3, 0.4) is 0 Å². The lowest BCUT2D eigenvalue weighted by Crippen LogP contribution is -2.55. The van der Waals surface area contributed by atoms with Crippen molar-refractivity contribution in [3.63, 3.8) is 0 Å². The molecule has 0 spiro atoms. The van der Waals surface area contributed by atoms with E-state index < -0.39 is 5.97 Å². The lowest BCUT2D eigenvalue weighted by atomic mass is 9.77. The molecule has 1 aliphatic heterocycles. The molecule has 0 aromatic rings. The Bertz CT molecular complexity index is 373. The maximum absolute atomic E-state index is 12.2. The molecule has 1 aliphatic carbocycles. The molecule has 0 aromatic carbocycles. The summed E-state index contributed by atoms with van der Waals surface area (Å²) in [5, 5.41) is 15.2. The highest BCUT2D eigenvalue weighted by Gasteiger charge is 2.34. The molecule has 2 aliphatic rings. The maximum atomic E-state index is 12.2. The van der Waals surface area contributed by atoms with Gasteiger partial charge in [-0.3, -0.25) is 9.59 Å². The van der Waals surface area contributed by atoms with Gasteiger partial charge in [0.05, 0.1) is 6.04 Å². The van der Waals surface area contributed by atoms with Gasteiger partial charge in [0.2, 0.25) is 5.91 Å². The van der Waals surface area contributed by atoms with Crippen LogP contribution in [0.4, 0.5) is 0 Å². The van der Waals surface area contributed by atoms with Gasteiger partial charge in [-0.1, -0.05) is 19.8 Å². The van der Waals surface area contributed by atoms with E-state index in [0.717, 1.165) is 18.8 Å². The van der Waals surface area contributed by atoms with E-state index in [9.17, 15) is 9.59 Å². The highest BCUT2D eigenvalue weighted by molar-refractivity contribution is 5.81. The highest BCUT2D eigenvalue weighted by atomic mass is 16.4. The van der Waals surface area contributed by atoms with Crippen LogP contribution in [-0.2, 0) is 9.59 Å². The van der Waals surface area contributed by atoms with Crippen molar-refractivity contribution in [1.29, 1.82) is 0 Å². The highest BCUT2D eigenvalue weighted by Crippen LogP contribution is 2.32. The van der Waals surface area contributed by atoms with Gasteiger partial charge in [0.15, 0.2) is 0 Å². The first kappa shape index (κ1) is 16.3. The van der Waals surface area contributed by atoms with Crippen molar-refractivity contribution in [2.24, 2.45) is 11.8 Å². The first-order valence-corrected chi connectivity index (χ1v) is 8.32. The fraction of sp³-hybridized carbons (Fsp3) is 0.875. The maximum Gasteiger partial charge on any atom is 0.303 e. The quantitative estimate of drug-likeness (QED) is 0.699. The van der Waals surface area contributed by atoms with Gasteiger partial charge in [-0.2, -0.15) is 0 Å². The molecule has 1 saturated carbocycles. The summed E-state index contributed by atoms with van der Waals surface area (Å²) in [5.41, 5.74) is 0. The number of hydrogen-bond acceptors (Lipinski definition) is 3. The molecular weight excluding hydrogens is 268 g/mol. The molecule has 2 fully saturated rings. The van der Waals surface area contributed by atoms with E-state index in [0.29, 0.717) is 19.0 Å². The van der Waals surface area contributed by atoms with Gasteiger partial charge in [-0.05, 0) is 43.9 Å². The van der Waals surface area contributed by atoms with Crippen molar-refractivity contribution in [3.05, 3.63) is 0 Å². The van der Waals surface area contributed by atoms with Crippen LogP contribution in [0.25, 0.3) is 0 Å². The average Bonchev–Trinajstić information content (AvgIpc) is 2.50. The standard InChI is InChI=1S/C16H28N2O3/c1-11(6-9-15(19)20)10-17-16(21)14-8-7-12-4-2-3-5-13(12)18-14/h11-14,18H,2-10H2,1H3,(H,17,21)(H,19,20). The molecular formula is C16H28N2O3. The number of amides is 1. The fourth-order valence-corrected chi connectivity index (χ4v) is 3.57. The second-order valence-corrected chi connectivity index (χ2v) is 6.73. The molecule has 1 amide bonds. The predicted molar refractivity (Wildman–Crippen MR) is 80.9 cm³/mol. The third kappa shape index (κ3) is 4.99. The van der Waals surface area contributed by atoms with Gasteiger partial charge in [0, 0.05) is 19.0 Å². The largest absolute Gasteiger partial charge is 0.481 e. The summed E-state index contributed by atoms with van der Waals surface area (Å²) < 4.78 is 0. The second kappa shape index (κ2) is 7.78. The first-order valence-electron chi connectivity index (χ1n) is 8.32. The number of rotatable bonds is 6. The Kier molecular flexibility index (Phi) is 6.03. The molecule has 3 N–H and O–H groups in total. The van der Waals surface area contributed by atoms with Crippen LogP contribution in [0.2, 0.25) is 0 Å². The van der Waals surface area contributed by atoms with Gasteiger partial charge in [-0.25, -0.2) is 0 Å². The van der Waals surface area contributed by atoms with Crippen LogP contribution >= 0.6 is 0 Å². The van der Waals surface area contributed by atoms with E-state index in [2.05, 4.69) is 10.6 Å². The smallest absolute Gasteiger partial charge is 0.303 e. The van der Waals surface area contributed by atoms with E-state index in [-0.39, 0.29) is 24.3 Å². The molecule has 4 unspecified atom stereocenters. The van der Waals surface area contributed by atoms with Crippen LogP contribution in [0.15, 0.2) is 0 Å². The number of hydrogen-bond donors (Lipinski definition) is 3. The number of carbonyl (C=O) groups excluding carboxylic acids is 1. The molecule has 0 radical (unpaired) electrons. The number of carbonyl (C=O) groups is 2. The van der Waals surface area contributed by atoms with E-state index in [1.54, 1.807) is 0 Å². The molecule has 4 atom stereocenters. The van der Waals surface area contributed by atoms with Crippen molar-refractivity contribution in [3.8, 4) is 0 Å². The summed E-state index contributed by atoms with van der Waals surface area (Å²) in [7, 11) is 0. The zero-order valence-electron chi connectivity index (χ0n) is 12.9. The molecule has 1 heterocycles. The zero-order valence-corrected chi connectivity index (χ0v) is 12.9. The van der Waals surface area contributed by atoms with Crippen LogP contribution in [0.5, 0.6) is 0 Å². The minimum atomic E-state index is -0.773. The topological polar surface area (TPSA) is 78.4 Å². The van der Waals surface area contributed by atoms with Crippen LogP contribution in [0, 0.1) is 11.8 Å². The predicted octanol–water partition coefficient (Wildman–Crippen LogP) is 1.91. The second-order valence-electron chi connectivity index (χ2n) is 6.73. The summed E-state index contributed by atoms with van der Waals surface area (Å²) in [6.07, 6.45) is 7.97. The monoisotopic (exact) mass is 296 g/mol. The molecule has 5 nitrogen and oxygen atoms in total. The Morgan fingerprint density at radius 2 is 2.00 bits per heavy atom. The van der Waals surface area contributed by atoms with Gasteiger partial charge in [-0.15, -0.1) is 0 Å². The van der Waals surface area contributed by atoms with Crippen molar-refractivity contribution in [1.82, 2.24) is 10.6 Å². The SMILES string of the molecule is CC(CCC(=O)O)CNC(=O)C1CCC2CCCCC2N1. The van der Waals surface area contributed by atoms with Crippen LogP contribution < -0.4 is 10.6 Å². The Hall–Kier alpha value is -1.10. The van der Waals surface area contributed by atoms with E-state index in [4.69, 9.17) is 5.11 Å². The summed E-state index contributed by atoms with van der Waals surface area (Å²) in [6.45, 7) is 2.55. The Balaban J connectivity index is 1.69. The Morgan fingerprint density at radius 1 is 1.24 bits per heavy atom. The van der Waals surface area contributed by atoms with Crippen molar-refractivity contribution in [2.45, 2.75) is 70.4 Å². The minimum absolute atomic E-state index is 0.0592. The summed E-state index contributed by atoms with van der Waals surface area (Å²) >= 11 is 0. The van der Waals surface area contributed by atoms with E-state index in [1.807, 2.05) is 6.92 Å². The van der Waals surface area contributed by atoms with E-state index >= 15 is 0 Å². The number of carboxylic acid groups (broad SMARTS) is 1. The molecule has 2 rings (SSSR count). The first-order chi connectivity index (χ1) is 10.1. The molecule has 1 saturated heterocycles.